The molecule has 0 saturated heterocycles. The Bertz CT molecular complexity index is 2150. The molecule has 0 spiro atoms. The van der Waals surface area contributed by atoms with Crippen LogP contribution in [-0.4, -0.2) is 106 Å². The summed E-state index contributed by atoms with van der Waals surface area (Å²) in [6.07, 6.45) is -0.274. The zero-order chi connectivity index (χ0) is 44.7. The molecule has 3 aromatic rings. The molecule has 4 rings (SSSR count). The van der Waals surface area contributed by atoms with Crippen LogP contribution in [-0.2, 0) is 112 Å². The Kier molecular flexibility index (Phi) is 17.0. The molecule has 18 heteroatoms. The van der Waals surface area contributed by atoms with E-state index in [0.29, 0.717) is 27.9 Å². The first-order valence-electron chi connectivity index (χ1n) is 19.3. The van der Waals surface area contributed by atoms with Gasteiger partial charge < -0.3 is 48.4 Å². The van der Waals surface area contributed by atoms with Crippen molar-refractivity contribution in [2.24, 2.45) is 0 Å². The number of aromatic amines is 2. The third-order valence-corrected chi connectivity index (χ3v) is 10.5. The second-order valence-corrected chi connectivity index (χ2v) is 14.1. The first kappa shape index (κ1) is 47.0. The molecule has 328 valence electrons. The van der Waals surface area contributed by atoms with Gasteiger partial charge in [0.2, 0.25) is 5.91 Å². The van der Waals surface area contributed by atoms with Crippen LogP contribution < -0.4 is 5.32 Å². The highest BCUT2D eigenvalue weighted by molar-refractivity contribution is 6.00. The average molecular weight is 850 g/mol. The van der Waals surface area contributed by atoms with Gasteiger partial charge in [-0.05, 0) is 52.7 Å². The van der Waals surface area contributed by atoms with Crippen LogP contribution in [0.5, 0.6) is 0 Å². The molecule has 0 bridgehead atoms. The van der Waals surface area contributed by atoms with E-state index in [4.69, 9.17) is 33.2 Å². The quantitative estimate of drug-likeness (QED) is 0.0972. The molecule has 1 aliphatic heterocycles. The van der Waals surface area contributed by atoms with Gasteiger partial charge >= 0.3 is 41.8 Å². The van der Waals surface area contributed by atoms with Crippen LogP contribution in [0.15, 0.2) is 47.7 Å². The van der Waals surface area contributed by atoms with E-state index in [-0.39, 0.29) is 92.5 Å². The molecule has 61 heavy (non-hydrogen) atoms. The monoisotopic (exact) mass is 849 g/mol. The van der Waals surface area contributed by atoms with Crippen LogP contribution in [0, 0.1) is 0 Å². The van der Waals surface area contributed by atoms with Gasteiger partial charge in [-0.15, -0.1) is 0 Å². The molecule has 1 amide bonds. The Morgan fingerprint density at radius 3 is 1.70 bits per heavy atom. The molecule has 0 radical (unpaired) electrons. The number of rotatable bonds is 22. The van der Waals surface area contributed by atoms with Crippen molar-refractivity contribution in [2.45, 2.75) is 82.8 Å². The Morgan fingerprint density at radius 2 is 1.11 bits per heavy atom. The lowest BCUT2D eigenvalue weighted by Crippen LogP contribution is -2.49. The predicted octanol–water partition coefficient (Wildman–Crippen LogP) is 2.81. The smallest absolute Gasteiger partial charge is 0.355 e. The molecule has 0 saturated carbocycles. The van der Waals surface area contributed by atoms with E-state index < -0.39 is 66.1 Å². The van der Waals surface area contributed by atoms with Gasteiger partial charge in [-0.1, -0.05) is 30.3 Å². The number of carbonyl (C=O) groups is 8. The summed E-state index contributed by atoms with van der Waals surface area (Å²) in [6, 6.07) is 8.89. The van der Waals surface area contributed by atoms with Crippen LogP contribution in [0.1, 0.15) is 81.8 Å². The molecule has 18 nitrogen and oxygen atoms in total. The van der Waals surface area contributed by atoms with Crippen molar-refractivity contribution >= 4 is 47.7 Å². The molecule has 1 aliphatic rings. The highest BCUT2D eigenvalue weighted by atomic mass is 16.5. The highest BCUT2D eigenvalue weighted by Gasteiger charge is 2.47. The van der Waals surface area contributed by atoms with Gasteiger partial charge in [0.25, 0.3) is 0 Å². The number of nitrogens with one attached hydrogen (secondary N) is 3. The van der Waals surface area contributed by atoms with E-state index in [0.717, 1.165) is 0 Å². The largest absolute Gasteiger partial charge is 0.469 e. The second-order valence-electron chi connectivity index (χ2n) is 14.1. The zero-order valence-electron chi connectivity index (χ0n) is 35.1. The number of methoxy groups -OCH3 is 6. The minimum atomic E-state index is -1.58. The topological polar surface area (TPSA) is 245 Å². The summed E-state index contributed by atoms with van der Waals surface area (Å²) in [7, 11) is 7.26. The van der Waals surface area contributed by atoms with Crippen molar-refractivity contribution in [3.05, 3.63) is 92.6 Å². The van der Waals surface area contributed by atoms with Crippen molar-refractivity contribution in [2.75, 3.05) is 42.7 Å². The van der Waals surface area contributed by atoms with Crippen molar-refractivity contribution in [1.82, 2.24) is 15.3 Å². The van der Waals surface area contributed by atoms with Crippen LogP contribution >= 0.6 is 0 Å². The van der Waals surface area contributed by atoms with Crippen molar-refractivity contribution in [1.29, 1.82) is 0 Å². The van der Waals surface area contributed by atoms with Gasteiger partial charge in [-0.25, -0.2) is 4.79 Å². The van der Waals surface area contributed by atoms with E-state index in [9.17, 15) is 38.4 Å². The number of esters is 7. The average Bonchev–Trinajstić information content (AvgIpc) is 3.89. The van der Waals surface area contributed by atoms with E-state index in [1.54, 1.807) is 36.5 Å². The zero-order valence-corrected chi connectivity index (χ0v) is 35.1. The van der Waals surface area contributed by atoms with Crippen LogP contribution in [0.2, 0.25) is 0 Å². The van der Waals surface area contributed by atoms with E-state index in [2.05, 4.69) is 15.3 Å². The third kappa shape index (κ3) is 12.2. The van der Waals surface area contributed by atoms with Crippen LogP contribution in [0.3, 0.4) is 0 Å². The summed E-state index contributed by atoms with van der Waals surface area (Å²) in [5.41, 5.74) is 1.58. The molecule has 1 unspecified atom stereocenters. The summed E-state index contributed by atoms with van der Waals surface area (Å²) in [4.78, 5) is 111. The number of aromatic nitrogens is 2. The molecule has 3 heterocycles. The summed E-state index contributed by atoms with van der Waals surface area (Å²) < 4.78 is 35.4. The number of benzene rings is 1. The second kappa shape index (κ2) is 22.0. The molecule has 0 fully saturated rings. The summed E-state index contributed by atoms with van der Waals surface area (Å²) in [6.45, 7) is -0.118. The first-order chi connectivity index (χ1) is 29.2. The number of amides is 1. The minimum Gasteiger partial charge on any atom is -0.469 e. The number of hydrogen-bond acceptors (Lipinski definition) is 15. The Labute approximate surface area is 351 Å². The summed E-state index contributed by atoms with van der Waals surface area (Å²) in [5.74, 6) is -5.18. The van der Waals surface area contributed by atoms with Gasteiger partial charge in [0.15, 0.2) is 0 Å². The van der Waals surface area contributed by atoms with Crippen molar-refractivity contribution < 1.29 is 71.5 Å². The van der Waals surface area contributed by atoms with Gasteiger partial charge in [0, 0.05) is 55.3 Å². The fourth-order valence-corrected chi connectivity index (χ4v) is 7.34. The van der Waals surface area contributed by atoms with Crippen LogP contribution in [0.4, 0.5) is 0 Å². The fraction of sp³-hybridized carbons (Fsp3) is 0.442. The molecule has 3 N–H and O–H groups in total. The SMILES string of the molecule is COC(=O)CCC1=C(CC(=O)OC)C(Cc2[nH]cc(CCC(=O)OC)c2CC(=O)OC)(Cc2[nH]c(C(=O)OCc3ccccc3)c(CC(=O)OC)c2CCC(=O)OC)NC1=O. The number of H-pyrrole nitrogens is 2. The normalized spacial score (nSPS) is 14.5. The van der Waals surface area contributed by atoms with Gasteiger partial charge in [-0.3, -0.25) is 33.6 Å². The molecule has 1 atom stereocenters. The lowest BCUT2D eigenvalue weighted by atomic mass is 9.77. The van der Waals surface area contributed by atoms with E-state index >= 15 is 0 Å². The fourth-order valence-electron chi connectivity index (χ4n) is 7.34. The first-order valence-corrected chi connectivity index (χ1v) is 19.3. The van der Waals surface area contributed by atoms with Gasteiger partial charge in [0.1, 0.15) is 12.3 Å². The highest BCUT2D eigenvalue weighted by Crippen LogP contribution is 2.40. The minimum absolute atomic E-state index is 0.0207. The molecule has 1 aromatic carbocycles. The number of ether oxygens (including phenoxy) is 7. The van der Waals surface area contributed by atoms with Gasteiger partial charge in [-0.2, -0.15) is 0 Å². The maximum atomic E-state index is 14.2. The van der Waals surface area contributed by atoms with Crippen molar-refractivity contribution in [3.63, 3.8) is 0 Å². The number of carbonyl (C=O) groups excluding carboxylic acids is 8. The maximum absolute atomic E-state index is 14.2. The molecule has 2 aromatic heterocycles. The molecular weight excluding hydrogens is 798 g/mol. The lowest BCUT2D eigenvalue weighted by molar-refractivity contribution is -0.141. The van der Waals surface area contributed by atoms with Gasteiger partial charge in [0.05, 0.1) is 67.5 Å². The van der Waals surface area contributed by atoms with Crippen LogP contribution in [0.25, 0.3) is 0 Å². The molecule has 0 aliphatic carbocycles. The number of hydrogen-bond donors (Lipinski definition) is 3. The Balaban J connectivity index is 2.00. The lowest BCUT2D eigenvalue weighted by Gasteiger charge is -2.33. The maximum Gasteiger partial charge on any atom is 0.355 e. The number of aryl methyl sites for hydroxylation is 1. The van der Waals surface area contributed by atoms with E-state index in [1.165, 1.54) is 42.7 Å². The molecular formula is C43H51N3O15. The Hall–Kier alpha value is -6.72. The summed E-state index contributed by atoms with van der Waals surface area (Å²) >= 11 is 0. The standard InChI is InChI=1S/C43H51N3O15/c1-55-34(47)15-12-26-23-44-32(29(26)18-37(50)58-4)21-43(31(20-39(52)60-6)28(41(53)46-43)14-17-36(49)57-3)22-33-27(13-16-35(48)56-2)30(19-38(51)59-5)40(45-33)42(54)61-24-25-10-8-7-9-11-25/h7-11,23,44-45H,12-22,24H2,1-6H3,(H,46,53). The Morgan fingerprint density at radius 1 is 0.590 bits per heavy atom. The summed E-state index contributed by atoms with van der Waals surface area (Å²) in [5, 5.41) is 3.06. The van der Waals surface area contributed by atoms with Crippen molar-refractivity contribution in [3.8, 4) is 0 Å². The third-order valence-electron chi connectivity index (χ3n) is 10.5. The predicted molar refractivity (Wildman–Crippen MR) is 212 cm³/mol. The van der Waals surface area contributed by atoms with E-state index in [1.807, 2.05) is 0 Å².